The van der Waals surface area contributed by atoms with Gasteiger partial charge in [0.2, 0.25) is 10.0 Å². The van der Waals surface area contributed by atoms with Crippen LogP contribution in [0.2, 0.25) is 0 Å². The Balaban J connectivity index is 1.71. The molecule has 1 N–H and O–H groups in total. The molecule has 0 aromatic heterocycles. The van der Waals surface area contributed by atoms with Gasteiger partial charge in [-0.05, 0) is 75.4 Å². The van der Waals surface area contributed by atoms with Crippen LogP contribution in [0.25, 0.3) is 11.1 Å². The Bertz CT molecular complexity index is 860. The van der Waals surface area contributed by atoms with Crippen LogP contribution < -0.4 is 4.72 Å². The first-order valence-electron chi connectivity index (χ1n) is 9.81. The van der Waals surface area contributed by atoms with Crippen LogP contribution in [0.3, 0.4) is 0 Å². The van der Waals surface area contributed by atoms with Gasteiger partial charge in [-0.2, -0.15) is 0 Å². The Hall–Kier alpha value is -1.69. The van der Waals surface area contributed by atoms with Gasteiger partial charge in [0.25, 0.3) is 0 Å². The second-order valence-corrected chi connectivity index (χ2v) is 9.49. The summed E-state index contributed by atoms with van der Waals surface area (Å²) in [6, 6.07) is 16.2. The first-order valence-corrected chi connectivity index (χ1v) is 11.3. The highest BCUT2D eigenvalue weighted by atomic mass is 32.2. The molecule has 146 valence electrons. The van der Waals surface area contributed by atoms with Crippen molar-refractivity contribution in [1.82, 2.24) is 9.62 Å². The molecule has 0 spiro atoms. The van der Waals surface area contributed by atoms with E-state index in [9.17, 15) is 8.42 Å². The maximum Gasteiger partial charge on any atom is 0.240 e. The lowest BCUT2D eigenvalue weighted by atomic mass is 10.0. The summed E-state index contributed by atoms with van der Waals surface area (Å²) in [6.45, 7) is 8.28. The highest BCUT2D eigenvalue weighted by molar-refractivity contribution is 7.89. The average Bonchev–Trinajstić information content (AvgIpc) is 3.04. The molecule has 1 fully saturated rings. The summed E-state index contributed by atoms with van der Waals surface area (Å²) in [7, 11) is -3.48. The van der Waals surface area contributed by atoms with Crippen LogP contribution in [-0.4, -0.2) is 38.5 Å². The minimum absolute atomic E-state index is 0.128. The Kier molecular flexibility index (Phi) is 6.35. The fourth-order valence-electron chi connectivity index (χ4n) is 3.68. The molecule has 1 atom stereocenters. The predicted molar refractivity (Wildman–Crippen MR) is 111 cm³/mol. The van der Waals surface area contributed by atoms with Gasteiger partial charge in [-0.15, -0.1) is 0 Å². The van der Waals surface area contributed by atoms with Crippen LogP contribution >= 0.6 is 0 Å². The number of benzene rings is 2. The zero-order chi connectivity index (χ0) is 19.4. The third-order valence-electron chi connectivity index (χ3n) is 5.20. The molecule has 1 heterocycles. The molecule has 1 saturated heterocycles. The third-order valence-corrected chi connectivity index (χ3v) is 6.86. The van der Waals surface area contributed by atoms with Crippen LogP contribution in [0.1, 0.15) is 39.2 Å². The van der Waals surface area contributed by atoms with Crippen LogP contribution in [0, 0.1) is 0 Å². The molecule has 2 aromatic carbocycles. The van der Waals surface area contributed by atoms with Gasteiger partial charge < -0.3 is 4.90 Å². The molecular formula is C22H30N2O2S. The van der Waals surface area contributed by atoms with Crippen LogP contribution in [0.4, 0.5) is 0 Å². The quantitative estimate of drug-likeness (QED) is 0.780. The number of nitrogens with one attached hydrogen (secondary N) is 1. The van der Waals surface area contributed by atoms with E-state index in [0.717, 1.165) is 24.1 Å². The van der Waals surface area contributed by atoms with Crippen molar-refractivity contribution >= 4 is 10.0 Å². The summed E-state index contributed by atoms with van der Waals surface area (Å²) in [5.74, 6) is 0. The van der Waals surface area contributed by atoms with Crippen molar-refractivity contribution in [3.63, 3.8) is 0 Å². The minimum atomic E-state index is -3.48. The summed E-state index contributed by atoms with van der Waals surface area (Å²) in [5.41, 5.74) is 3.28. The molecule has 0 amide bonds. The number of sulfonamides is 1. The topological polar surface area (TPSA) is 49.4 Å². The fourth-order valence-corrected chi connectivity index (χ4v) is 4.98. The standard InChI is InChI=1S/C22H30N2O2S/c1-17(2)23-27(25,26)22-8-4-7-21(16-22)20-11-9-19(10-12-20)13-15-24-14-5-6-18(24)3/h4,7-12,16-18,23H,5-6,13-15H2,1-3H3. The van der Waals surface area contributed by atoms with Gasteiger partial charge in [0, 0.05) is 18.6 Å². The lowest BCUT2D eigenvalue weighted by Crippen LogP contribution is -2.30. The minimum Gasteiger partial charge on any atom is -0.300 e. The highest BCUT2D eigenvalue weighted by Gasteiger charge is 2.19. The fraction of sp³-hybridized carbons (Fsp3) is 0.455. The van der Waals surface area contributed by atoms with Crippen molar-refractivity contribution in [2.75, 3.05) is 13.1 Å². The maximum absolute atomic E-state index is 12.4. The van der Waals surface area contributed by atoms with Gasteiger partial charge in [0.1, 0.15) is 0 Å². The number of hydrogen-bond acceptors (Lipinski definition) is 3. The Morgan fingerprint density at radius 1 is 1.11 bits per heavy atom. The molecule has 0 saturated carbocycles. The summed E-state index contributed by atoms with van der Waals surface area (Å²) in [5, 5.41) is 0. The van der Waals surface area contributed by atoms with E-state index in [2.05, 4.69) is 40.8 Å². The van der Waals surface area contributed by atoms with Gasteiger partial charge in [-0.3, -0.25) is 0 Å². The lowest BCUT2D eigenvalue weighted by Gasteiger charge is -2.20. The molecular weight excluding hydrogens is 356 g/mol. The lowest BCUT2D eigenvalue weighted by molar-refractivity contribution is 0.272. The Morgan fingerprint density at radius 3 is 2.48 bits per heavy atom. The zero-order valence-electron chi connectivity index (χ0n) is 16.5. The van der Waals surface area contributed by atoms with E-state index in [-0.39, 0.29) is 6.04 Å². The summed E-state index contributed by atoms with van der Waals surface area (Å²) < 4.78 is 27.4. The Morgan fingerprint density at radius 2 is 1.85 bits per heavy atom. The molecule has 1 aliphatic heterocycles. The van der Waals surface area contributed by atoms with Crippen LogP contribution in [-0.2, 0) is 16.4 Å². The number of rotatable bonds is 7. The van der Waals surface area contributed by atoms with Crippen molar-refractivity contribution in [3.05, 3.63) is 54.1 Å². The average molecular weight is 387 g/mol. The van der Waals surface area contributed by atoms with Gasteiger partial charge in [0.05, 0.1) is 4.90 Å². The summed E-state index contributed by atoms with van der Waals surface area (Å²) in [4.78, 5) is 2.87. The van der Waals surface area contributed by atoms with Crippen molar-refractivity contribution in [1.29, 1.82) is 0 Å². The number of likely N-dealkylation sites (tertiary alicyclic amines) is 1. The third kappa shape index (κ3) is 5.18. The SMILES string of the molecule is CC(C)NS(=O)(=O)c1cccc(-c2ccc(CCN3CCCC3C)cc2)c1. The van der Waals surface area contributed by atoms with Crippen molar-refractivity contribution in [2.24, 2.45) is 0 Å². The molecule has 1 aliphatic rings. The molecule has 1 unspecified atom stereocenters. The first kappa shape index (κ1) is 20.1. The van der Waals surface area contributed by atoms with E-state index in [0.29, 0.717) is 10.9 Å². The maximum atomic E-state index is 12.4. The highest BCUT2D eigenvalue weighted by Crippen LogP contribution is 2.24. The number of nitrogens with zero attached hydrogens (tertiary/aromatic N) is 1. The van der Waals surface area contributed by atoms with Gasteiger partial charge in [-0.1, -0.05) is 36.4 Å². The van der Waals surface area contributed by atoms with Crippen LogP contribution in [0.15, 0.2) is 53.4 Å². The van der Waals surface area contributed by atoms with Gasteiger partial charge in [-0.25, -0.2) is 13.1 Å². The smallest absolute Gasteiger partial charge is 0.240 e. The van der Waals surface area contributed by atoms with E-state index in [4.69, 9.17) is 0 Å². The van der Waals surface area contributed by atoms with E-state index in [1.54, 1.807) is 18.2 Å². The second kappa shape index (κ2) is 8.55. The van der Waals surface area contributed by atoms with Crippen molar-refractivity contribution < 1.29 is 8.42 Å². The molecule has 27 heavy (non-hydrogen) atoms. The van der Waals surface area contributed by atoms with E-state index >= 15 is 0 Å². The van der Waals surface area contributed by atoms with Crippen molar-refractivity contribution in [2.45, 2.75) is 57.0 Å². The van der Waals surface area contributed by atoms with E-state index in [1.165, 1.54) is 24.9 Å². The molecule has 0 radical (unpaired) electrons. The van der Waals surface area contributed by atoms with Gasteiger partial charge >= 0.3 is 0 Å². The monoisotopic (exact) mass is 386 g/mol. The van der Waals surface area contributed by atoms with Crippen molar-refractivity contribution in [3.8, 4) is 11.1 Å². The molecule has 5 heteroatoms. The largest absolute Gasteiger partial charge is 0.300 e. The predicted octanol–water partition coefficient (Wildman–Crippen LogP) is 4.07. The van der Waals surface area contributed by atoms with Gasteiger partial charge in [0.15, 0.2) is 0 Å². The zero-order valence-corrected chi connectivity index (χ0v) is 17.3. The number of hydrogen-bond donors (Lipinski definition) is 1. The van der Waals surface area contributed by atoms with E-state index < -0.39 is 10.0 Å². The Labute approximate surface area is 163 Å². The summed E-state index contributed by atoms with van der Waals surface area (Å²) >= 11 is 0. The van der Waals surface area contributed by atoms with Crippen LogP contribution in [0.5, 0.6) is 0 Å². The summed E-state index contributed by atoms with van der Waals surface area (Å²) in [6.07, 6.45) is 3.67. The molecule has 0 bridgehead atoms. The molecule has 2 aromatic rings. The second-order valence-electron chi connectivity index (χ2n) is 7.78. The normalized spacial score (nSPS) is 18.3. The molecule has 4 nitrogen and oxygen atoms in total. The first-order chi connectivity index (χ1) is 12.8. The molecule has 0 aliphatic carbocycles. The van der Waals surface area contributed by atoms with E-state index in [1.807, 2.05) is 19.9 Å². The molecule has 3 rings (SSSR count).